The van der Waals surface area contributed by atoms with Crippen LogP contribution in [0.4, 0.5) is 8.78 Å². The first-order valence-corrected chi connectivity index (χ1v) is 7.40. The number of hydrogen-bond acceptors (Lipinski definition) is 3. The summed E-state index contributed by atoms with van der Waals surface area (Å²) in [4.78, 5) is 11.9. The molecule has 1 saturated heterocycles. The lowest BCUT2D eigenvalue weighted by atomic mass is 10.1. The van der Waals surface area contributed by atoms with Gasteiger partial charge in [0.25, 0.3) is 5.92 Å². The lowest BCUT2D eigenvalue weighted by Crippen LogP contribution is -2.40. The fourth-order valence-electron chi connectivity index (χ4n) is 2.64. The van der Waals surface area contributed by atoms with Crippen LogP contribution in [0.2, 0.25) is 0 Å². The minimum Gasteiger partial charge on any atom is -0.351 e. The van der Waals surface area contributed by atoms with Crippen molar-refractivity contribution in [1.82, 2.24) is 20.4 Å². The Bertz CT molecular complexity index is 714. The second-order valence-electron chi connectivity index (χ2n) is 5.81. The third-order valence-corrected chi connectivity index (χ3v) is 3.86. The van der Waals surface area contributed by atoms with E-state index < -0.39 is 30.8 Å². The molecule has 0 radical (unpaired) electrons. The molecule has 1 unspecified atom stereocenters. The van der Waals surface area contributed by atoms with Crippen LogP contribution in [0.25, 0.3) is 11.1 Å². The van der Waals surface area contributed by atoms with E-state index in [-0.39, 0.29) is 0 Å². The van der Waals surface area contributed by atoms with Crippen molar-refractivity contribution < 1.29 is 13.6 Å². The number of aromatic nitrogens is 2. The zero-order chi connectivity index (χ0) is 16.4. The number of nitrogens with zero attached hydrogens (tertiary/aromatic N) is 2. The Kier molecular flexibility index (Phi) is 4.12. The Hall–Kier alpha value is -2.28. The summed E-state index contributed by atoms with van der Waals surface area (Å²) in [6, 6.07) is 6.87. The Morgan fingerprint density at radius 2 is 2.30 bits per heavy atom. The highest BCUT2D eigenvalue weighted by Crippen LogP contribution is 2.25. The summed E-state index contributed by atoms with van der Waals surface area (Å²) in [5.74, 6) is -3.20. The molecule has 1 fully saturated rings. The van der Waals surface area contributed by atoms with Crippen molar-refractivity contribution in [2.45, 2.75) is 24.9 Å². The van der Waals surface area contributed by atoms with Crippen LogP contribution < -0.4 is 10.6 Å². The summed E-state index contributed by atoms with van der Waals surface area (Å²) < 4.78 is 27.9. The second-order valence-corrected chi connectivity index (χ2v) is 5.81. The number of alkyl halides is 2. The van der Waals surface area contributed by atoms with E-state index in [1.807, 2.05) is 37.5 Å². The van der Waals surface area contributed by atoms with Crippen LogP contribution >= 0.6 is 0 Å². The molecule has 1 aromatic carbocycles. The van der Waals surface area contributed by atoms with Gasteiger partial charge in [0.1, 0.15) is 0 Å². The molecule has 1 atom stereocenters. The first-order chi connectivity index (χ1) is 10.9. The smallest absolute Gasteiger partial charge is 0.262 e. The molecule has 122 valence electrons. The Labute approximate surface area is 132 Å². The topological polar surface area (TPSA) is 59.0 Å². The fraction of sp³-hybridized carbons (Fsp3) is 0.375. The number of hydrogen-bond donors (Lipinski definition) is 2. The van der Waals surface area contributed by atoms with Gasteiger partial charge in [0.15, 0.2) is 0 Å². The number of nitrogens with one attached hydrogen (secondary N) is 2. The maximum Gasteiger partial charge on any atom is 0.262 e. The van der Waals surface area contributed by atoms with E-state index in [0.717, 1.165) is 16.7 Å². The largest absolute Gasteiger partial charge is 0.351 e. The maximum atomic E-state index is 13.1. The molecule has 1 aliphatic heterocycles. The van der Waals surface area contributed by atoms with Crippen LogP contribution in [0.1, 0.15) is 12.0 Å². The van der Waals surface area contributed by atoms with Crippen LogP contribution in [0, 0.1) is 0 Å². The molecule has 7 heteroatoms. The van der Waals surface area contributed by atoms with Crippen LogP contribution in [0.3, 0.4) is 0 Å². The predicted molar refractivity (Wildman–Crippen MR) is 81.8 cm³/mol. The van der Waals surface area contributed by atoms with Gasteiger partial charge < -0.3 is 5.32 Å². The molecule has 1 aliphatic rings. The highest BCUT2D eigenvalue weighted by Gasteiger charge is 2.42. The second kappa shape index (κ2) is 6.08. The van der Waals surface area contributed by atoms with Gasteiger partial charge in [0.05, 0.1) is 18.8 Å². The van der Waals surface area contributed by atoms with Crippen molar-refractivity contribution in [3.8, 4) is 11.1 Å². The summed E-state index contributed by atoms with van der Waals surface area (Å²) in [6.07, 6.45) is 3.22. The number of halogens is 2. The van der Waals surface area contributed by atoms with Gasteiger partial charge in [0, 0.05) is 31.8 Å². The SMILES string of the molecule is Cn1cc(-c2cccc(CNC(=O)C3CC(F)(F)CN3)c2)cn1. The van der Waals surface area contributed by atoms with E-state index in [1.165, 1.54) is 0 Å². The van der Waals surface area contributed by atoms with Gasteiger partial charge in [-0.15, -0.1) is 0 Å². The molecule has 0 saturated carbocycles. The van der Waals surface area contributed by atoms with Gasteiger partial charge in [-0.05, 0) is 17.2 Å². The van der Waals surface area contributed by atoms with Crippen molar-refractivity contribution >= 4 is 5.91 Å². The van der Waals surface area contributed by atoms with Gasteiger partial charge in [0.2, 0.25) is 5.91 Å². The monoisotopic (exact) mass is 320 g/mol. The standard InChI is InChI=1S/C16H18F2N4O/c1-22-9-13(8-21-22)12-4-2-3-11(5-12)7-19-15(23)14-6-16(17,18)10-20-14/h2-5,8-9,14,20H,6-7,10H2,1H3,(H,19,23). The first kappa shape index (κ1) is 15.6. The van der Waals surface area contributed by atoms with E-state index in [1.54, 1.807) is 10.9 Å². The number of carbonyl (C=O) groups excluding carboxylic acids is 1. The zero-order valence-electron chi connectivity index (χ0n) is 12.7. The van der Waals surface area contributed by atoms with E-state index in [2.05, 4.69) is 15.7 Å². The molecule has 3 rings (SSSR count). The average Bonchev–Trinajstić information content (AvgIpc) is 3.11. The number of rotatable bonds is 4. The summed E-state index contributed by atoms with van der Waals surface area (Å²) in [5.41, 5.74) is 2.89. The molecule has 23 heavy (non-hydrogen) atoms. The minimum absolute atomic E-state index is 0.302. The molecular formula is C16H18F2N4O. The van der Waals surface area contributed by atoms with Crippen molar-refractivity contribution in [3.05, 3.63) is 42.2 Å². The third kappa shape index (κ3) is 3.73. The average molecular weight is 320 g/mol. The normalized spacial score (nSPS) is 19.7. The lowest BCUT2D eigenvalue weighted by molar-refractivity contribution is -0.123. The summed E-state index contributed by atoms with van der Waals surface area (Å²) in [6.45, 7) is -0.141. The Balaban J connectivity index is 1.61. The fourth-order valence-corrected chi connectivity index (χ4v) is 2.64. The van der Waals surface area contributed by atoms with Crippen LogP contribution in [-0.4, -0.2) is 34.2 Å². The number of aryl methyl sites for hydroxylation is 1. The number of amides is 1. The van der Waals surface area contributed by atoms with Gasteiger partial charge in [-0.1, -0.05) is 18.2 Å². The molecule has 2 N–H and O–H groups in total. The predicted octanol–water partition coefficient (Wildman–Crippen LogP) is 1.70. The van der Waals surface area contributed by atoms with Crippen molar-refractivity contribution in [3.63, 3.8) is 0 Å². The molecule has 0 bridgehead atoms. The molecule has 0 spiro atoms. The van der Waals surface area contributed by atoms with Crippen LogP contribution in [0.15, 0.2) is 36.7 Å². The van der Waals surface area contributed by atoms with E-state index in [4.69, 9.17) is 0 Å². The molecule has 1 aromatic heterocycles. The molecule has 2 aromatic rings. The number of benzene rings is 1. The Morgan fingerprint density at radius 3 is 2.96 bits per heavy atom. The summed E-state index contributed by atoms with van der Waals surface area (Å²) in [5, 5.41) is 9.39. The summed E-state index contributed by atoms with van der Waals surface area (Å²) in [7, 11) is 1.85. The molecule has 2 heterocycles. The van der Waals surface area contributed by atoms with E-state index >= 15 is 0 Å². The molecule has 0 aliphatic carbocycles. The van der Waals surface area contributed by atoms with Gasteiger partial charge in [-0.3, -0.25) is 14.8 Å². The van der Waals surface area contributed by atoms with Crippen LogP contribution in [-0.2, 0) is 18.4 Å². The molecular weight excluding hydrogens is 302 g/mol. The van der Waals surface area contributed by atoms with Gasteiger partial charge in [-0.2, -0.15) is 5.10 Å². The zero-order valence-corrected chi connectivity index (χ0v) is 12.7. The minimum atomic E-state index is -2.80. The van der Waals surface area contributed by atoms with Gasteiger partial charge in [-0.25, -0.2) is 8.78 Å². The van der Waals surface area contributed by atoms with Crippen molar-refractivity contribution in [1.29, 1.82) is 0 Å². The molecule has 1 amide bonds. The van der Waals surface area contributed by atoms with E-state index in [9.17, 15) is 13.6 Å². The third-order valence-electron chi connectivity index (χ3n) is 3.86. The van der Waals surface area contributed by atoms with E-state index in [0.29, 0.717) is 6.54 Å². The highest BCUT2D eigenvalue weighted by molar-refractivity contribution is 5.82. The van der Waals surface area contributed by atoms with Gasteiger partial charge >= 0.3 is 0 Å². The summed E-state index contributed by atoms with van der Waals surface area (Å²) >= 11 is 0. The molecule has 5 nitrogen and oxygen atoms in total. The van der Waals surface area contributed by atoms with Crippen LogP contribution in [0.5, 0.6) is 0 Å². The highest BCUT2D eigenvalue weighted by atomic mass is 19.3. The van der Waals surface area contributed by atoms with Crippen molar-refractivity contribution in [2.75, 3.05) is 6.54 Å². The number of carbonyl (C=O) groups is 1. The lowest BCUT2D eigenvalue weighted by Gasteiger charge is -2.11. The first-order valence-electron chi connectivity index (χ1n) is 7.40. The van der Waals surface area contributed by atoms with Crippen molar-refractivity contribution in [2.24, 2.45) is 7.05 Å². The quantitative estimate of drug-likeness (QED) is 0.901. The Morgan fingerprint density at radius 1 is 1.48 bits per heavy atom. The maximum absolute atomic E-state index is 13.1.